The Bertz CT molecular complexity index is 1020. The minimum Gasteiger partial charge on any atom is -0.492 e. The molecule has 0 fully saturated rings. The van der Waals surface area contributed by atoms with Crippen LogP contribution in [0.2, 0.25) is 0 Å². The summed E-state index contributed by atoms with van der Waals surface area (Å²) in [4.78, 5) is 12.6. The van der Waals surface area contributed by atoms with Crippen molar-refractivity contribution in [3.05, 3.63) is 53.1 Å². The molecule has 1 aliphatic heterocycles. The smallest absolute Gasteiger partial charge is 0.263 e. The number of nitrogens with one attached hydrogen (secondary N) is 1. The molecule has 0 bridgehead atoms. The fraction of sp³-hybridized carbons (Fsp3) is 0.381. The van der Waals surface area contributed by atoms with E-state index in [0.717, 1.165) is 23.1 Å². The van der Waals surface area contributed by atoms with Crippen molar-refractivity contribution in [1.29, 1.82) is 0 Å². The second-order valence-electron chi connectivity index (χ2n) is 7.26. The molecular weight excluding hydrogens is 392 g/mol. The van der Waals surface area contributed by atoms with Gasteiger partial charge in [-0.15, -0.1) is 0 Å². The maximum absolute atomic E-state index is 12.6. The van der Waals surface area contributed by atoms with Gasteiger partial charge in [0.1, 0.15) is 18.1 Å². The molecule has 2 aromatic carbocycles. The van der Waals surface area contributed by atoms with Crippen molar-refractivity contribution in [2.45, 2.75) is 26.9 Å². The van der Waals surface area contributed by atoms with Crippen LogP contribution in [0, 0.1) is 20.8 Å². The molecule has 3 rings (SSSR count). The number of benzene rings is 2. The summed E-state index contributed by atoms with van der Waals surface area (Å²) in [6, 6.07) is 11.1. The van der Waals surface area contributed by atoms with Crippen LogP contribution in [0.25, 0.3) is 0 Å². The molecule has 0 aromatic heterocycles. The van der Waals surface area contributed by atoms with Gasteiger partial charge in [0, 0.05) is 0 Å². The summed E-state index contributed by atoms with van der Waals surface area (Å²) in [5.74, 6) is 0.742. The van der Waals surface area contributed by atoms with Crippen molar-refractivity contribution in [3.8, 4) is 11.5 Å². The highest BCUT2D eigenvalue weighted by Gasteiger charge is 2.34. The molecule has 0 saturated heterocycles. The first-order chi connectivity index (χ1) is 13.6. The first-order valence-corrected chi connectivity index (χ1v) is 11.2. The number of rotatable bonds is 6. The van der Waals surface area contributed by atoms with E-state index in [-0.39, 0.29) is 19.0 Å². The highest BCUT2D eigenvalue weighted by Crippen LogP contribution is 2.35. The monoisotopic (exact) mass is 418 g/mol. The summed E-state index contributed by atoms with van der Waals surface area (Å²) in [5, 5.41) is 2.76. The van der Waals surface area contributed by atoms with E-state index in [9.17, 15) is 13.2 Å². The molecule has 1 heterocycles. The van der Waals surface area contributed by atoms with E-state index in [0.29, 0.717) is 18.0 Å². The first-order valence-electron chi connectivity index (χ1n) is 9.38. The Morgan fingerprint density at radius 1 is 1.17 bits per heavy atom. The third kappa shape index (κ3) is 5.00. The standard InChI is InChI=1S/C21H26N2O5S/c1-14-5-8-18-19(11-14)28-20(13-23(18)29(4,25)26)21(24)22-9-10-27-17-7-6-15(2)16(3)12-17/h5-8,11-12,20H,9-10,13H2,1-4H3,(H,22,24)/t20-/m0/s1. The van der Waals surface area contributed by atoms with Crippen LogP contribution in [0.15, 0.2) is 36.4 Å². The van der Waals surface area contributed by atoms with Crippen molar-refractivity contribution in [3.63, 3.8) is 0 Å². The molecule has 1 aliphatic rings. The van der Waals surface area contributed by atoms with Crippen molar-refractivity contribution < 1.29 is 22.7 Å². The van der Waals surface area contributed by atoms with E-state index < -0.39 is 16.1 Å². The van der Waals surface area contributed by atoms with E-state index in [1.54, 1.807) is 12.1 Å². The number of carbonyl (C=O) groups is 1. The predicted octanol–water partition coefficient (Wildman–Crippen LogP) is 2.33. The molecule has 0 radical (unpaired) electrons. The molecule has 0 saturated carbocycles. The average molecular weight is 419 g/mol. The number of fused-ring (bicyclic) bond motifs is 1. The number of hydrogen-bond acceptors (Lipinski definition) is 5. The zero-order chi connectivity index (χ0) is 21.2. The van der Waals surface area contributed by atoms with Gasteiger partial charge in [0.25, 0.3) is 5.91 Å². The summed E-state index contributed by atoms with van der Waals surface area (Å²) >= 11 is 0. The third-order valence-corrected chi connectivity index (χ3v) is 5.97. The lowest BCUT2D eigenvalue weighted by Gasteiger charge is -2.34. The van der Waals surface area contributed by atoms with Gasteiger partial charge in [0.15, 0.2) is 6.10 Å². The number of aryl methyl sites for hydroxylation is 3. The van der Waals surface area contributed by atoms with Crippen LogP contribution in [0.1, 0.15) is 16.7 Å². The normalized spacial score (nSPS) is 16.0. The lowest BCUT2D eigenvalue weighted by atomic mass is 10.1. The van der Waals surface area contributed by atoms with Gasteiger partial charge in [0.05, 0.1) is 25.0 Å². The molecule has 1 atom stereocenters. The average Bonchev–Trinajstić information content (AvgIpc) is 2.65. The van der Waals surface area contributed by atoms with Gasteiger partial charge in [-0.05, 0) is 61.7 Å². The Balaban J connectivity index is 1.61. The summed E-state index contributed by atoms with van der Waals surface area (Å²) in [6.07, 6.45) is 0.189. The number of sulfonamides is 1. The zero-order valence-corrected chi connectivity index (χ0v) is 17.9. The molecule has 7 nitrogen and oxygen atoms in total. The zero-order valence-electron chi connectivity index (χ0n) is 17.1. The Morgan fingerprint density at radius 2 is 1.93 bits per heavy atom. The maximum atomic E-state index is 12.6. The molecule has 8 heteroatoms. The van der Waals surface area contributed by atoms with E-state index >= 15 is 0 Å². The number of nitrogens with zero attached hydrogens (tertiary/aromatic N) is 1. The fourth-order valence-corrected chi connectivity index (χ4v) is 3.99. The predicted molar refractivity (Wildman–Crippen MR) is 112 cm³/mol. The molecule has 156 valence electrons. The molecule has 29 heavy (non-hydrogen) atoms. The van der Waals surface area contributed by atoms with Crippen molar-refractivity contribution in [1.82, 2.24) is 5.32 Å². The molecule has 0 spiro atoms. The van der Waals surface area contributed by atoms with E-state index in [1.165, 1.54) is 9.87 Å². The van der Waals surface area contributed by atoms with Crippen LogP contribution in [-0.4, -0.2) is 46.4 Å². The third-order valence-electron chi connectivity index (χ3n) is 4.83. The number of hydrogen-bond donors (Lipinski definition) is 1. The van der Waals surface area contributed by atoms with Crippen LogP contribution in [0.4, 0.5) is 5.69 Å². The highest BCUT2D eigenvalue weighted by molar-refractivity contribution is 7.92. The Kier molecular flexibility index (Phi) is 6.02. The first kappa shape index (κ1) is 21.0. The van der Waals surface area contributed by atoms with E-state index in [2.05, 4.69) is 5.32 Å². The molecular formula is C21H26N2O5S. The van der Waals surface area contributed by atoms with Crippen LogP contribution in [0.3, 0.4) is 0 Å². The quantitative estimate of drug-likeness (QED) is 0.728. The van der Waals surface area contributed by atoms with Gasteiger partial charge in [-0.1, -0.05) is 12.1 Å². The number of amides is 1. The number of ether oxygens (including phenoxy) is 2. The topological polar surface area (TPSA) is 84.9 Å². The van der Waals surface area contributed by atoms with Crippen molar-refractivity contribution in [2.75, 3.05) is 30.3 Å². The summed E-state index contributed by atoms with van der Waals surface area (Å²) < 4.78 is 37.0. The van der Waals surface area contributed by atoms with Gasteiger partial charge in [-0.2, -0.15) is 0 Å². The van der Waals surface area contributed by atoms with Gasteiger partial charge in [-0.25, -0.2) is 8.42 Å². The van der Waals surface area contributed by atoms with Crippen LogP contribution in [0.5, 0.6) is 11.5 Å². The number of anilines is 1. The van der Waals surface area contributed by atoms with Gasteiger partial charge in [-0.3, -0.25) is 9.10 Å². The van der Waals surface area contributed by atoms with E-state index in [1.807, 2.05) is 45.0 Å². The Labute approximate surface area is 171 Å². The van der Waals surface area contributed by atoms with Crippen LogP contribution < -0.4 is 19.1 Å². The molecule has 1 N–H and O–H groups in total. The van der Waals surface area contributed by atoms with Crippen molar-refractivity contribution in [2.24, 2.45) is 0 Å². The SMILES string of the molecule is Cc1ccc2c(c1)O[C@H](C(=O)NCCOc1ccc(C)c(C)c1)CN2S(C)(=O)=O. The molecule has 1 amide bonds. The van der Waals surface area contributed by atoms with Gasteiger partial charge >= 0.3 is 0 Å². The summed E-state index contributed by atoms with van der Waals surface area (Å²) in [5.41, 5.74) is 3.68. The lowest BCUT2D eigenvalue weighted by Crippen LogP contribution is -2.51. The highest BCUT2D eigenvalue weighted by atomic mass is 32.2. The Morgan fingerprint density at radius 3 is 2.62 bits per heavy atom. The van der Waals surface area contributed by atoms with Crippen LogP contribution in [-0.2, 0) is 14.8 Å². The van der Waals surface area contributed by atoms with Gasteiger partial charge < -0.3 is 14.8 Å². The number of carbonyl (C=O) groups excluding carboxylic acids is 1. The summed E-state index contributed by atoms with van der Waals surface area (Å²) in [6.45, 7) is 6.43. The molecule has 2 aromatic rings. The second kappa shape index (κ2) is 8.32. The Hall–Kier alpha value is -2.74. The minimum atomic E-state index is -3.54. The summed E-state index contributed by atoms with van der Waals surface area (Å²) in [7, 11) is -3.54. The maximum Gasteiger partial charge on any atom is 0.263 e. The molecule has 0 unspecified atom stereocenters. The lowest BCUT2D eigenvalue weighted by molar-refractivity contribution is -0.127. The largest absolute Gasteiger partial charge is 0.492 e. The fourth-order valence-electron chi connectivity index (χ4n) is 3.07. The molecule has 0 aliphatic carbocycles. The van der Waals surface area contributed by atoms with E-state index in [4.69, 9.17) is 9.47 Å². The van der Waals surface area contributed by atoms with Gasteiger partial charge in [0.2, 0.25) is 10.0 Å². The van der Waals surface area contributed by atoms with Crippen molar-refractivity contribution >= 4 is 21.6 Å². The second-order valence-corrected chi connectivity index (χ2v) is 9.16. The minimum absolute atomic E-state index is 0.0707. The van der Waals surface area contributed by atoms with Crippen LogP contribution >= 0.6 is 0 Å².